The second-order valence-electron chi connectivity index (χ2n) is 6.86. The summed E-state index contributed by atoms with van der Waals surface area (Å²) in [5.74, 6) is -0.473. The summed E-state index contributed by atoms with van der Waals surface area (Å²) < 4.78 is 0. The number of hydrogen-bond donors (Lipinski definition) is 2. The number of nitrogens with zero attached hydrogens (tertiary/aromatic N) is 3. The zero-order chi connectivity index (χ0) is 19.3. The van der Waals surface area contributed by atoms with Gasteiger partial charge < -0.3 is 10.2 Å². The Bertz CT molecular complexity index is 955. The molecule has 0 unspecified atom stereocenters. The van der Waals surface area contributed by atoms with Crippen molar-refractivity contribution in [3.63, 3.8) is 0 Å². The van der Waals surface area contributed by atoms with E-state index < -0.39 is 0 Å². The number of nitrogens with one attached hydrogen (secondary N) is 2. The van der Waals surface area contributed by atoms with Crippen LogP contribution in [0, 0.1) is 5.92 Å². The van der Waals surface area contributed by atoms with E-state index >= 15 is 0 Å². The summed E-state index contributed by atoms with van der Waals surface area (Å²) in [7, 11) is 0. The lowest BCUT2D eigenvalue weighted by Crippen LogP contribution is -2.32. The van der Waals surface area contributed by atoms with Crippen LogP contribution in [0.25, 0.3) is 11.3 Å². The highest BCUT2D eigenvalue weighted by molar-refractivity contribution is 5.89. The Morgan fingerprint density at radius 1 is 1.18 bits per heavy atom. The van der Waals surface area contributed by atoms with Crippen LogP contribution in [0.3, 0.4) is 0 Å². The van der Waals surface area contributed by atoms with Crippen molar-refractivity contribution in [2.75, 3.05) is 6.54 Å². The van der Waals surface area contributed by atoms with E-state index in [1.807, 2.05) is 54.6 Å². The van der Waals surface area contributed by atoms with Gasteiger partial charge in [0.2, 0.25) is 11.8 Å². The number of aromatic nitrogens is 3. The molecule has 0 bridgehead atoms. The molecule has 0 aliphatic carbocycles. The lowest BCUT2D eigenvalue weighted by Gasteiger charge is -2.16. The highest BCUT2D eigenvalue weighted by Crippen LogP contribution is 2.20. The van der Waals surface area contributed by atoms with Crippen LogP contribution in [0.1, 0.15) is 17.8 Å². The third-order valence-electron chi connectivity index (χ3n) is 4.82. The minimum atomic E-state index is -0.340. The molecule has 1 saturated heterocycles. The maximum absolute atomic E-state index is 12.5. The van der Waals surface area contributed by atoms with Gasteiger partial charge in [-0.2, -0.15) is 5.10 Å². The fraction of sp³-hybridized carbons (Fsp3) is 0.238. The van der Waals surface area contributed by atoms with E-state index in [0.717, 1.165) is 22.6 Å². The predicted molar refractivity (Wildman–Crippen MR) is 104 cm³/mol. The maximum atomic E-state index is 12.5. The number of pyridine rings is 1. The minimum Gasteiger partial charge on any atom is -0.350 e. The van der Waals surface area contributed by atoms with Gasteiger partial charge in [0.05, 0.1) is 36.1 Å². The first-order valence-electron chi connectivity index (χ1n) is 9.24. The first kappa shape index (κ1) is 17.9. The molecule has 3 aromatic rings. The maximum Gasteiger partial charge on any atom is 0.225 e. The molecule has 2 aromatic heterocycles. The zero-order valence-corrected chi connectivity index (χ0v) is 15.3. The van der Waals surface area contributed by atoms with E-state index in [-0.39, 0.29) is 24.2 Å². The number of aromatic amines is 1. The van der Waals surface area contributed by atoms with Crippen molar-refractivity contribution in [1.82, 2.24) is 25.4 Å². The first-order valence-corrected chi connectivity index (χ1v) is 9.24. The van der Waals surface area contributed by atoms with Gasteiger partial charge in [0, 0.05) is 24.7 Å². The molecule has 3 heterocycles. The molecular weight excluding hydrogens is 354 g/mol. The van der Waals surface area contributed by atoms with Crippen molar-refractivity contribution in [1.29, 1.82) is 0 Å². The Hall–Kier alpha value is -3.48. The fourth-order valence-electron chi connectivity index (χ4n) is 3.32. The number of benzene rings is 1. The van der Waals surface area contributed by atoms with Gasteiger partial charge in [-0.15, -0.1) is 0 Å². The topological polar surface area (TPSA) is 91.0 Å². The molecule has 1 fully saturated rings. The van der Waals surface area contributed by atoms with Crippen molar-refractivity contribution in [2.24, 2.45) is 5.92 Å². The van der Waals surface area contributed by atoms with Crippen molar-refractivity contribution >= 4 is 11.8 Å². The molecule has 4 rings (SSSR count). The average Bonchev–Trinajstić information content (AvgIpc) is 3.35. The fourth-order valence-corrected chi connectivity index (χ4v) is 3.32. The number of carbonyl (C=O) groups is 2. The van der Waals surface area contributed by atoms with Crippen LogP contribution in [0.15, 0.2) is 60.8 Å². The van der Waals surface area contributed by atoms with E-state index in [0.29, 0.717) is 19.6 Å². The monoisotopic (exact) mass is 375 g/mol. The number of amides is 2. The van der Waals surface area contributed by atoms with Crippen molar-refractivity contribution in [2.45, 2.75) is 19.5 Å². The van der Waals surface area contributed by atoms with Crippen molar-refractivity contribution < 1.29 is 9.59 Å². The molecule has 1 aliphatic rings. The van der Waals surface area contributed by atoms with Gasteiger partial charge in [0.1, 0.15) is 0 Å². The lowest BCUT2D eigenvalue weighted by atomic mass is 10.1. The highest BCUT2D eigenvalue weighted by Gasteiger charge is 2.34. The second kappa shape index (κ2) is 8.04. The summed E-state index contributed by atoms with van der Waals surface area (Å²) in [5.41, 5.74) is 3.50. The second-order valence-corrected chi connectivity index (χ2v) is 6.86. The normalized spacial score (nSPS) is 16.4. The molecule has 1 aromatic carbocycles. The molecule has 142 valence electrons. The van der Waals surface area contributed by atoms with E-state index in [4.69, 9.17) is 0 Å². The van der Waals surface area contributed by atoms with E-state index in [9.17, 15) is 9.59 Å². The standard InChI is InChI=1S/C21H21N5O2/c27-20-10-16(13-26(20)14-17-8-4-5-9-22-17)21(28)23-12-18-11-19(25-24-18)15-6-2-1-3-7-15/h1-9,11,16H,10,12-14H2,(H,23,28)(H,24,25)/t16-/m1/s1. The van der Waals surface area contributed by atoms with Gasteiger partial charge in [0.25, 0.3) is 0 Å². The minimum absolute atomic E-state index is 0.0151. The van der Waals surface area contributed by atoms with E-state index in [2.05, 4.69) is 20.5 Å². The largest absolute Gasteiger partial charge is 0.350 e. The zero-order valence-electron chi connectivity index (χ0n) is 15.3. The number of likely N-dealkylation sites (tertiary alicyclic amines) is 1. The molecule has 7 nitrogen and oxygen atoms in total. The summed E-state index contributed by atoms with van der Waals surface area (Å²) in [4.78, 5) is 30.7. The quantitative estimate of drug-likeness (QED) is 0.691. The van der Waals surface area contributed by atoms with Crippen molar-refractivity contribution in [3.8, 4) is 11.3 Å². The molecule has 1 aliphatic heterocycles. The van der Waals surface area contributed by atoms with Crippen LogP contribution in [0.5, 0.6) is 0 Å². The number of rotatable bonds is 6. The third kappa shape index (κ3) is 4.09. The SMILES string of the molecule is O=C(NCc1cc(-c2ccccc2)n[nH]1)[C@@H]1CC(=O)N(Cc2ccccn2)C1. The molecule has 0 saturated carbocycles. The summed E-state index contributed by atoms with van der Waals surface area (Å²) in [6, 6.07) is 17.4. The van der Waals surface area contributed by atoms with Crippen LogP contribution < -0.4 is 5.32 Å². The Morgan fingerprint density at radius 2 is 2.00 bits per heavy atom. The van der Waals surface area contributed by atoms with Crippen LogP contribution in [0.4, 0.5) is 0 Å². The first-order chi connectivity index (χ1) is 13.7. The van der Waals surface area contributed by atoms with Crippen LogP contribution in [-0.4, -0.2) is 38.4 Å². The number of hydrogen-bond acceptors (Lipinski definition) is 4. The Balaban J connectivity index is 1.31. The van der Waals surface area contributed by atoms with E-state index in [1.54, 1.807) is 11.1 Å². The van der Waals surface area contributed by atoms with Gasteiger partial charge in [-0.3, -0.25) is 19.7 Å². The molecule has 0 radical (unpaired) electrons. The highest BCUT2D eigenvalue weighted by atomic mass is 16.2. The van der Waals surface area contributed by atoms with Gasteiger partial charge in [0.15, 0.2) is 0 Å². The molecule has 2 N–H and O–H groups in total. The molecule has 0 spiro atoms. The van der Waals surface area contributed by atoms with Gasteiger partial charge in [-0.1, -0.05) is 36.4 Å². The molecular formula is C21H21N5O2. The molecule has 28 heavy (non-hydrogen) atoms. The van der Waals surface area contributed by atoms with Gasteiger partial charge in [-0.25, -0.2) is 0 Å². The van der Waals surface area contributed by atoms with Gasteiger partial charge >= 0.3 is 0 Å². The van der Waals surface area contributed by atoms with Gasteiger partial charge in [-0.05, 0) is 18.2 Å². The third-order valence-corrected chi connectivity index (χ3v) is 4.82. The predicted octanol–water partition coefficient (Wildman–Crippen LogP) is 2.14. The average molecular weight is 375 g/mol. The molecule has 2 amide bonds. The molecule has 1 atom stereocenters. The number of H-pyrrole nitrogens is 1. The Labute approximate surface area is 162 Å². The van der Waals surface area contributed by atoms with Crippen molar-refractivity contribution in [3.05, 3.63) is 72.2 Å². The van der Waals surface area contributed by atoms with Crippen LogP contribution >= 0.6 is 0 Å². The molecule has 7 heteroatoms. The summed E-state index contributed by atoms with van der Waals surface area (Å²) in [5, 5.41) is 10.1. The van der Waals surface area contributed by atoms with Crippen LogP contribution in [0.2, 0.25) is 0 Å². The smallest absolute Gasteiger partial charge is 0.225 e. The van der Waals surface area contributed by atoms with E-state index in [1.165, 1.54) is 0 Å². The summed E-state index contributed by atoms with van der Waals surface area (Å²) in [6.07, 6.45) is 1.94. The Kier molecular flexibility index (Phi) is 5.14. The Morgan fingerprint density at radius 3 is 2.79 bits per heavy atom. The van der Waals surface area contributed by atoms with Crippen LogP contribution in [-0.2, 0) is 22.7 Å². The summed E-state index contributed by atoms with van der Waals surface area (Å²) >= 11 is 0. The lowest BCUT2D eigenvalue weighted by molar-refractivity contribution is -0.129. The summed E-state index contributed by atoms with van der Waals surface area (Å²) in [6.45, 7) is 1.20. The number of carbonyl (C=O) groups excluding carboxylic acids is 2.